The number of nitrogens with one attached hydrogen (secondary N) is 1. The van der Waals surface area contributed by atoms with Crippen molar-refractivity contribution in [2.24, 2.45) is 5.73 Å². The van der Waals surface area contributed by atoms with Gasteiger partial charge in [-0.15, -0.1) is 12.4 Å². The molecule has 4 N–H and O–H groups in total. The fourth-order valence-corrected chi connectivity index (χ4v) is 5.91. The van der Waals surface area contributed by atoms with E-state index < -0.39 is 0 Å². The van der Waals surface area contributed by atoms with Gasteiger partial charge < -0.3 is 30.4 Å². The summed E-state index contributed by atoms with van der Waals surface area (Å²) in [5.74, 6) is 0.642. The molecule has 1 unspecified atom stereocenters. The second-order valence-electron chi connectivity index (χ2n) is 9.92. The summed E-state index contributed by atoms with van der Waals surface area (Å²) in [5.41, 5.74) is 9.13. The number of anilines is 3. The first kappa shape index (κ1) is 27.3. The van der Waals surface area contributed by atoms with E-state index in [0.717, 1.165) is 66.4 Å². The molecule has 13 heteroatoms. The number of hydrogen-bond donors (Lipinski definition) is 3. The summed E-state index contributed by atoms with van der Waals surface area (Å²) in [7, 11) is 0. The molecular formula is C26H31ClN8O3S. The number of halogens is 1. The quantitative estimate of drug-likeness (QED) is 0.325. The van der Waals surface area contributed by atoms with E-state index >= 15 is 0 Å². The molecule has 206 valence electrons. The fourth-order valence-electron chi connectivity index (χ4n) is 4.93. The lowest BCUT2D eigenvalue weighted by Gasteiger charge is -2.32. The smallest absolute Gasteiger partial charge is 0.277 e. The Kier molecular flexibility index (Phi) is 7.98. The number of carbonyl (C=O) groups is 1. The van der Waals surface area contributed by atoms with E-state index in [1.807, 2.05) is 19.1 Å². The highest BCUT2D eigenvalue weighted by Crippen LogP contribution is 2.36. The molecule has 39 heavy (non-hydrogen) atoms. The van der Waals surface area contributed by atoms with Crippen LogP contribution >= 0.6 is 23.7 Å². The lowest BCUT2D eigenvalue weighted by atomic mass is 10.1. The van der Waals surface area contributed by atoms with Gasteiger partial charge in [0.2, 0.25) is 5.89 Å². The van der Waals surface area contributed by atoms with E-state index in [2.05, 4.69) is 25.1 Å². The number of thiazole rings is 1. The number of β-amino-alcohol motifs (C(OH)–C–C–N with tert-alkyl or cyclic N) is 1. The Morgan fingerprint density at radius 2 is 1.97 bits per heavy atom. The number of carbonyl (C=O) groups excluding carboxylic acids is 1. The van der Waals surface area contributed by atoms with Crippen molar-refractivity contribution in [3.63, 3.8) is 0 Å². The third-order valence-corrected chi connectivity index (χ3v) is 8.04. The maximum Gasteiger partial charge on any atom is 0.277 e. The molecule has 11 nitrogen and oxygen atoms in total. The molecule has 1 atom stereocenters. The number of amides is 1. The number of aliphatic hydroxyl groups is 1. The third kappa shape index (κ3) is 5.83. The summed E-state index contributed by atoms with van der Waals surface area (Å²) in [6.45, 7) is 4.78. The maximum atomic E-state index is 13.3. The average molecular weight is 571 g/mol. The predicted octanol–water partition coefficient (Wildman–Crippen LogP) is 3.61. The van der Waals surface area contributed by atoms with Crippen LogP contribution in [0.5, 0.6) is 0 Å². The zero-order valence-corrected chi connectivity index (χ0v) is 23.2. The van der Waals surface area contributed by atoms with Gasteiger partial charge >= 0.3 is 0 Å². The Labute approximate surface area is 235 Å². The van der Waals surface area contributed by atoms with Crippen molar-refractivity contribution in [2.45, 2.75) is 44.8 Å². The molecule has 0 spiro atoms. The summed E-state index contributed by atoms with van der Waals surface area (Å²) in [5, 5.41) is 14.0. The maximum absolute atomic E-state index is 13.3. The number of oxazole rings is 1. The van der Waals surface area contributed by atoms with E-state index in [1.165, 1.54) is 17.6 Å². The summed E-state index contributed by atoms with van der Waals surface area (Å²) in [6.07, 6.45) is 6.11. The van der Waals surface area contributed by atoms with Crippen LogP contribution in [0.4, 0.5) is 16.6 Å². The number of fused-ring (bicyclic) bond motifs is 1. The van der Waals surface area contributed by atoms with Gasteiger partial charge in [-0.25, -0.2) is 9.97 Å². The van der Waals surface area contributed by atoms with E-state index in [-0.39, 0.29) is 36.2 Å². The van der Waals surface area contributed by atoms with Gasteiger partial charge in [0.1, 0.15) is 6.26 Å². The van der Waals surface area contributed by atoms with Crippen LogP contribution in [0.15, 0.2) is 35.1 Å². The van der Waals surface area contributed by atoms with E-state index in [1.54, 1.807) is 12.3 Å². The van der Waals surface area contributed by atoms with Gasteiger partial charge in [0.15, 0.2) is 22.3 Å². The Hall–Kier alpha value is -3.32. The SMILES string of the molecule is Cc1cc(-c2nc(C(=O)Nc3cc4sc(N5CCCC(O)C5)nc4nc3N3CCC(N)CC3)co2)ccn1.Cl. The van der Waals surface area contributed by atoms with Crippen molar-refractivity contribution in [3.8, 4) is 11.5 Å². The normalized spacial score (nSPS) is 18.3. The Morgan fingerprint density at radius 1 is 1.15 bits per heavy atom. The highest BCUT2D eigenvalue weighted by molar-refractivity contribution is 7.22. The Morgan fingerprint density at radius 3 is 2.74 bits per heavy atom. The topological polar surface area (TPSA) is 147 Å². The molecule has 0 radical (unpaired) electrons. The predicted molar refractivity (Wildman–Crippen MR) is 154 cm³/mol. The first-order valence-corrected chi connectivity index (χ1v) is 13.7. The van der Waals surface area contributed by atoms with Crippen molar-refractivity contribution in [1.82, 2.24) is 19.9 Å². The van der Waals surface area contributed by atoms with Gasteiger partial charge in [-0.1, -0.05) is 11.3 Å². The second kappa shape index (κ2) is 11.4. The van der Waals surface area contributed by atoms with Gasteiger partial charge in [0, 0.05) is 49.7 Å². The number of hydrogen-bond acceptors (Lipinski definition) is 11. The van der Waals surface area contributed by atoms with Gasteiger partial charge in [0.25, 0.3) is 5.91 Å². The first-order chi connectivity index (χ1) is 18.4. The van der Waals surface area contributed by atoms with Crippen molar-refractivity contribution < 1.29 is 14.3 Å². The first-order valence-electron chi connectivity index (χ1n) is 12.9. The molecule has 0 aromatic carbocycles. The van der Waals surface area contributed by atoms with Crippen LogP contribution in [-0.2, 0) is 0 Å². The molecule has 2 aliphatic heterocycles. The monoisotopic (exact) mass is 570 g/mol. The minimum absolute atomic E-state index is 0. The number of rotatable bonds is 5. The highest BCUT2D eigenvalue weighted by Gasteiger charge is 2.25. The van der Waals surface area contributed by atoms with Crippen LogP contribution in [-0.4, -0.2) is 69.3 Å². The van der Waals surface area contributed by atoms with Crippen molar-refractivity contribution in [1.29, 1.82) is 0 Å². The number of piperidine rings is 2. The summed E-state index contributed by atoms with van der Waals surface area (Å²) < 4.78 is 6.46. The molecule has 6 heterocycles. The summed E-state index contributed by atoms with van der Waals surface area (Å²) in [6, 6.07) is 5.74. The van der Waals surface area contributed by atoms with Gasteiger partial charge in [0.05, 0.1) is 16.5 Å². The highest BCUT2D eigenvalue weighted by atomic mass is 35.5. The molecule has 0 aliphatic carbocycles. The third-order valence-electron chi connectivity index (χ3n) is 6.99. The molecule has 2 saturated heterocycles. The van der Waals surface area contributed by atoms with Crippen LogP contribution in [0, 0.1) is 6.92 Å². The van der Waals surface area contributed by atoms with E-state index in [9.17, 15) is 9.90 Å². The fraction of sp³-hybridized carbons (Fsp3) is 0.423. The van der Waals surface area contributed by atoms with Crippen LogP contribution < -0.4 is 20.9 Å². The van der Waals surface area contributed by atoms with Gasteiger partial charge in [-0.3, -0.25) is 9.78 Å². The number of aliphatic hydroxyl groups excluding tert-OH is 1. The van der Waals surface area contributed by atoms with Gasteiger partial charge in [-0.05, 0) is 50.8 Å². The molecule has 0 bridgehead atoms. The summed E-state index contributed by atoms with van der Waals surface area (Å²) in [4.78, 5) is 35.8. The van der Waals surface area contributed by atoms with Crippen LogP contribution in [0.25, 0.3) is 21.8 Å². The minimum Gasteiger partial charge on any atom is -0.444 e. The van der Waals surface area contributed by atoms with Gasteiger partial charge in [-0.2, -0.15) is 4.98 Å². The van der Waals surface area contributed by atoms with E-state index in [4.69, 9.17) is 20.1 Å². The Balaban J connectivity index is 0.00000308. The van der Waals surface area contributed by atoms with Crippen LogP contribution in [0.3, 0.4) is 0 Å². The lowest BCUT2D eigenvalue weighted by molar-refractivity contribution is 0.102. The molecule has 1 amide bonds. The number of nitrogens with two attached hydrogens (primary N) is 1. The molecule has 2 aliphatic rings. The standard InChI is InChI=1S/C26H30N8O3S.ClH/c1-15-11-16(4-7-28-15)25-30-20(14-37-25)24(36)29-19-12-21-22(31-23(19)33-9-5-17(27)6-10-33)32-26(38-21)34-8-2-3-18(35)13-34;/h4,7,11-12,14,17-18,35H,2-3,5-6,8-10,13,27H2,1H3,(H,29,36);1H. The number of aryl methyl sites for hydroxylation is 1. The Bertz CT molecular complexity index is 1470. The number of nitrogens with zero attached hydrogens (tertiary/aromatic N) is 6. The zero-order valence-electron chi connectivity index (χ0n) is 21.5. The molecule has 2 fully saturated rings. The minimum atomic E-state index is -0.384. The van der Waals surface area contributed by atoms with Crippen LogP contribution in [0.1, 0.15) is 41.9 Å². The van der Waals surface area contributed by atoms with Crippen molar-refractivity contribution in [2.75, 3.05) is 41.3 Å². The second-order valence-corrected chi connectivity index (χ2v) is 10.9. The summed E-state index contributed by atoms with van der Waals surface area (Å²) >= 11 is 1.51. The molecular weight excluding hydrogens is 540 g/mol. The van der Waals surface area contributed by atoms with Crippen molar-refractivity contribution in [3.05, 3.63) is 42.0 Å². The lowest BCUT2D eigenvalue weighted by Crippen LogP contribution is -2.40. The number of pyridine rings is 2. The molecule has 6 rings (SSSR count). The molecule has 0 saturated carbocycles. The molecule has 4 aromatic rings. The average Bonchev–Trinajstić information content (AvgIpc) is 3.57. The number of aromatic nitrogens is 4. The van der Waals surface area contributed by atoms with Crippen molar-refractivity contribution >= 4 is 56.6 Å². The molecule has 4 aromatic heterocycles. The van der Waals surface area contributed by atoms with Crippen LogP contribution in [0.2, 0.25) is 0 Å². The van der Waals surface area contributed by atoms with E-state index in [0.29, 0.717) is 29.6 Å². The zero-order chi connectivity index (χ0) is 26.2. The largest absolute Gasteiger partial charge is 0.444 e.